The Bertz CT molecular complexity index is 1430. The third kappa shape index (κ3) is 3.87. The Morgan fingerprint density at radius 2 is 1.88 bits per heavy atom. The number of hydrogen-bond donors (Lipinski definition) is 2. The number of para-hydroxylation sites is 1. The Morgan fingerprint density at radius 1 is 1.06 bits per heavy atom. The average molecular weight is 453 g/mol. The number of alkyl halides is 3. The van der Waals surface area contributed by atoms with Crippen molar-refractivity contribution in [3.8, 4) is 17.1 Å². The van der Waals surface area contributed by atoms with E-state index in [0.717, 1.165) is 17.8 Å². The van der Waals surface area contributed by atoms with E-state index in [0.29, 0.717) is 41.3 Å². The highest BCUT2D eigenvalue weighted by molar-refractivity contribution is 5.86. The lowest BCUT2D eigenvalue weighted by atomic mass is 10.2. The molecule has 8 nitrogen and oxygen atoms in total. The van der Waals surface area contributed by atoms with E-state index in [1.165, 1.54) is 6.07 Å². The smallest absolute Gasteiger partial charge is 0.396 e. The molecule has 2 N–H and O–H groups in total. The van der Waals surface area contributed by atoms with E-state index in [4.69, 9.17) is 5.11 Å². The number of rotatable bonds is 6. The molecule has 0 amide bonds. The fraction of sp³-hybridized carbons (Fsp3) is 0.182. The van der Waals surface area contributed by atoms with E-state index in [2.05, 4.69) is 25.6 Å². The second kappa shape index (κ2) is 8.17. The van der Waals surface area contributed by atoms with Gasteiger partial charge in [0.15, 0.2) is 11.5 Å². The minimum Gasteiger partial charge on any atom is -0.396 e. The molecule has 0 aliphatic rings. The Kier molecular flexibility index (Phi) is 5.17. The number of nitrogens with zero attached hydrogens (tertiary/aromatic N) is 6. The third-order valence-corrected chi connectivity index (χ3v) is 5.15. The van der Waals surface area contributed by atoms with Gasteiger partial charge in [-0.05, 0) is 36.8 Å². The maximum atomic E-state index is 13.3. The minimum absolute atomic E-state index is 0.0304. The van der Waals surface area contributed by atoms with Gasteiger partial charge in [-0.25, -0.2) is 14.6 Å². The predicted molar refractivity (Wildman–Crippen MR) is 116 cm³/mol. The molecule has 3 heterocycles. The number of nitrogens with one attached hydrogen (secondary N) is 1. The van der Waals surface area contributed by atoms with Crippen LogP contribution in [0.15, 0.2) is 60.9 Å². The van der Waals surface area contributed by atoms with Crippen LogP contribution in [0.1, 0.15) is 12.0 Å². The van der Waals surface area contributed by atoms with Gasteiger partial charge in [-0.1, -0.05) is 23.4 Å². The van der Waals surface area contributed by atoms with Gasteiger partial charge >= 0.3 is 6.18 Å². The van der Waals surface area contributed by atoms with Crippen molar-refractivity contribution in [3.63, 3.8) is 0 Å². The summed E-state index contributed by atoms with van der Waals surface area (Å²) in [5.41, 5.74) is 2.12. The molecule has 0 aliphatic carbocycles. The van der Waals surface area contributed by atoms with Crippen molar-refractivity contribution in [2.24, 2.45) is 0 Å². The summed E-state index contributed by atoms with van der Waals surface area (Å²) < 4.78 is 43.3. The molecule has 5 aromatic rings. The van der Waals surface area contributed by atoms with E-state index in [1.807, 2.05) is 30.3 Å². The van der Waals surface area contributed by atoms with Crippen molar-refractivity contribution in [1.82, 2.24) is 29.4 Å². The van der Waals surface area contributed by atoms with Crippen molar-refractivity contribution in [2.45, 2.75) is 12.6 Å². The van der Waals surface area contributed by atoms with Gasteiger partial charge in [0, 0.05) is 13.2 Å². The number of hydrogen-bond acceptors (Lipinski definition) is 6. The highest BCUT2D eigenvalue weighted by atomic mass is 19.4. The molecular formula is C22H18F3N7O. The largest absolute Gasteiger partial charge is 0.416 e. The first-order valence-electron chi connectivity index (χ1n) is 10.2. The van der Waals surface area contributed by atoms with Gasteiger partial charge in [0.2, 0.25) is 0 Å². The van der Waals surface area contributed by atoms with E-state index >= 15 is 0 Å². The second-order valence-electron chi connectivity index (χ2n) is 7.35. The zero-order chi connectivity index (χ0) is 23.0. The average Bonchev–Trinajstić information content (AvgIpc) is 3.46. The van der Waals surface area contributed by atoms with E-state index in [1.54, 1.807) is 21.5 Å². The molecule has 11 heteroatoms. The molecule has 0 radical (unpaired) electrons. The number of fused-ring (bicyclic) bond motifs is 3. The van der Waals surface area contributed by atoms with Crippen LogP contribution in [-0.4, -0.2) is 47.6 Å². The summed E-state index contributed by atoms with van der Waals surface area (Å²) in [4.78, 5) is 8.85. The summed E-state index contributed by atoms with van der Waals surface area (Å²) >= 11 is 0. The molecule has 0 aliphatic heterocycles. The molecular weight excluding hydrogens is 435 g/mol. The normalized spacial score (nSPS) is 12.0. The summed E-state index contributed by atoms with van der Waals surface area (Å²) in [7, 11) is 0. The monoisotopic (exact) mass is 453 g/mol. The Morgan fingerprint density at radius 3 is 2.64 bits per heavy atom. The van der Waals surface area contributed by atoms with Gasteiger partial charge < -0.3 is 10.4 Å². The molecule has 33 heavy (non-hydrogen) atoms. The SMILES string of the molecule is OCCCNc1nc2cc(C(F)(F)F)ccc2n2c(-c3cn(-c4ccccc4)nn3)cnc12. The van der Waals surface area contributed by atoms with E-state index in [9.17, 15) is 13.2 Å². The number of aromatic nitrogens is 6. The second-order valence-corrected chi connectivity index (χ2v) is 7.35. The maximum absolute atomic E-state index is 13.3. The summed E-state index contributed by atoms with van der Waals surface area (Å²) in [6.07, 6.45) is -0.725. The maximum Gasteiger partial charge on any atom is 0.416 e. The molecule has 0 saturated heterocycles. The van der Waals surface area contributed by atoms with Crippen LogP contribution in [-0.2, 0) is 6.18 Å². The van der Waals surface area contributed by atoms with Crippen LogP contribution in [0, 0.1) is 0 Å². The number of benzene rings is 2. The number of anilines is 1. The van der Waals surface area contributed by atoms with Crippen LogP contribution >= 0.6 is 0 Å². The Hall–Kier alpha value is -3.99. The molecule has 0 spiro atoms. The number of imidazole rings is 1. The minimum atomic E-state index is -4.49. The fourth-order valence-electron chi connectivity index (χ4n) is 3.58. The molecule has 0 saturated carbocycles. The number of halogens is 3. The van der Waals surface area contributed by atoms with Crippen molar-refractivity contribution >= 4 is 22.5 Å². The lowest BCUT2D eigenvalue weighted by Gasteiger charge is -2.12. The standard InChI is InChI=1S/C22H18F3N7O/c23-22(24,25)14-7-8-18-16(11-14)28-20(26-9-4-10-33)21-27-12-19(32(18)21)17-13-31(30-29-17)15-5-2-1-3-6-15/h1-3,5-8,11-13,33H,4,9-10H2,(H,26,28). The highest BCUT2D eigenvalue weighted by Gasteiger charge is 2.31. The van der Waals surface area contributed by atoms with Crippen molar-refractivity contribution in [2.75, 3.05) is 18.5 Å². The van der Waals surface area contributed by atoms with Crippen LogP contribution in [0.4, 0.5) is 19.0 Å². The van der Waals surface area contributed by atoms with Crippen molar-refractivity contribution < 1.29 is 18.3 Å². The van der Waals surface area contributed by atoms with Crippen LogP contribution < -0.4 is 5.32 Å². The third-order valence-electron chi connectivity index (χ3n) is 5.15. The highest BCUT2D eigenvalue weighted by Crippen LogP contribution is 2.33. The summed E-state index contributed by atoms with van der Waals surface area (Å²) in [5, 5.41) is 20.6. The van der Waals surface area contributed by atoms with Crippen LogP contribution in [0.25, 0.3) is 33.8 Å². The van der Waals surface area contributed by atoms with Gasteiger partial charge in [0.05, 0.1) is 40.4 Å². The van der Waals surface area contributed by atoms with Gasteiger partial charge in [-0.2, -0.15) is 13.2 Å². The summed E-state index contributed by atoms with van der Waals surface area (Å²) in [6.45, 7) is 0.355. The first kappa shape index (κ1) is 20.9. The Balaban J connectivity index is 1.69. The predicted octanol–water partition coefficient (Wildman–Crippen LogP) is 3.94. The summed E-state index contributed by atoms with van der Waals surface area (Å²) in [5.74, 6) is 0.317. The molecule has 5 rings (SSSR count). The summed E-state index contributed by atoms with van der Waals surface area (Å²) in [6, 6.07) is 12.8. The van der Waals surface area contributed by atoms with Gasteiger partial charge in [-0.3, -0.25) is 4.40 Å². The molecule has 0 fully saturated rings. The molecule has 168 valence electrons. The van der Waals surface area contributed by atoms with Crippen molar-refractivity contribution in [1.29, 1.82) is 0 Å². The van der Waals surface area contributed by atoms with Gasteiger partial charge in [-0.15, -0.1) is 5.10 Å². The van der Waals surface area contributed by atoms with Crippen molar-refractivity contribution in [3.05, 3.63) is 66.5 Å². The molecule has 0 atom stereocenters. The van der Waals surface area contributed by atoms with Crippen LogP contribution in [0.5, 0.6) is 0 Å². The van der Waals surface area contributed by atoms with E-state index < -0.39 is 11.7 Å². The number of aliphatic hydroxyl groups is 1. The quantitative estimate of drug-likeness (QED) is 0.379. The topological polar surface area (TPSA) is 93.2 Å². The molecule has 0 bridgehead atoms. The fourth-order valence-corrected chi connectivity index (χ4v) is 3.58. The van der Waals surface area contributed by atoms with E-state index in [-0.39, 0.29) is 12.1 Å². The molecule has 2 aromatic carbocycles. The lowest BCUT2D eigenvalue weighted by molar-refractivity contribution is -0.137. The zero-order valence-electron chi connectivity index (χ0n) is 17.2. The Labute approximate surface area is 185 Å². The van der Waals surface area contributed by atoms with Gasteiger partial charge in [0.25, 0.3) is 0 Å². The zero-order valence-corrected chi connectivity index (χ0v) is 17.2. The van der Waals surface area contributed by atoms with Gasteiger partial charge in [0.1, 0.15) is 5.69 Å². The van der Waals surface area contributed by atoms with Crippen LogP contribution in [0.3, 0.4) is 0 Å². The first-order valence-corrected chi connectivity index (χ1v) is 10.2. The molecule has 3 aromatic heterocycles. The molecule has 0 unspecified atom stereocenters. The van der Waals surface area contributed by atoms with Crippen LogP contribution in [0.2, 0.25) is 0 Å². The lowest BCUT2D eigenvalue weighted by Crippen LogP contribution is -2.09. The number of aliphatic hydroxyl groups excluding tert-OH is 1. The first-order chi connectivity index (χ1) is 16.0.